The molecule has 1 aromatic carbocycles. The molecule has 1 aromatic rings. The molecule has 0 amide bonds. The highest BCUT2D eigenvalue weighted by molar-refractivity contribution is 6.32. The summed E-state index contributed by atoms with van der Waals surface area (Å²) in [7, 11) is 0. The maximum absolute atomic E-state index is 6.18. The van der Waals surface area contributed by atoms with Crippen LogP contribution in [0.25, 0.3) is 0 Å². The van der Waals surface area contributed by atoms with Crippen LogP contribution >= 0.6 is 11.6 Å². The summed E-state index contributed by atoms with van der Waals surface area (Å²) in [5.41, 5.74) is 13.0. The van der Waals surface area contributed by atoms with Gasteiger partial charge in [0.1, 0.15) is 5.75 Å². The van der Waals surface area contributed by atoms with Crippen molar-refractivity contribution in [2.45, 2.75) is 39.8 Å². The second kappa shape index (κ2) is 7.27. The van der Waals surface area contributed by atoms with Gasteiger partial charge in [-0.3, -0.25) is 4.84 Å². The van der Waals surface area contributed by atoms with E-state index in [2.05, 4.69) is 9.98 Å². The van der Waals surface area contributed by atoms with Crippen LogP contribution in [0.3, 0.4) is 0 Å². The summed E-state index contributed by atoms with van der Waals surface area (Å²) < 4.78 is 5.72. The Kier molecular flexibility index (Phi) is 5.56. The topological polar surface area (TPSA) is 98.5 Å². The molecule has 0 spiro atoms. The van der Waals surface area contributed by atoms with E-state index in [1.807, 2.05) is 39.8 Å². The average Bonchev–Trinajstić information content (AvgIpc) is 2.45. The zero-order valence-electron chi connectivity index (χ0n) is 14.5. The molecule has 4 N–H and O–H groups in total. The van der Waals surface area contributed by atoms with Gasteiger partial charge in [0, 0.05) is 6.42 Å². The van der Waals surface area contributed by atoms with Crippen LogP contribution in [0.15, 0.2) is 22.1 Å². The van der Waals surface area contributed by atoms with Gasteiger partial charge >= 0.3 is 0 Å². The van der Waals surface area contributed by atoms with E-state index >= 15 is 0 Å². The van der Waals surface area contributed by atoms with E-state index in [0.29, 0.717) is 30.4 Å². The first-order chi connectivity index (χ1) is 11.2. The van der Waals surface area contributed by atoms with Crippen molar-refractivity contribution in [3.8, 4) is 5.75 Å². The molecule has 0 aliphatic carbocycles. The molecule has 0 bridgehead atoms. The average molecular weight is 354 g/mol. The number of aliphatic imine (C=N–C) groups is 2. The van der Waals surface area contributed by atoms with E-state index in [9.17, 15) is 0 Å². The summed E-state index contributed by atoms with van der Waals surface area (Å²) in [6, 6.07) is 3.84. The lowest BCUT2D eigenvalue weighted by molar-refractivity contribution is -0.158. The van der Waals surface area contributed by atoms with E-state index in [1.54, 1.807) is 0 Å². The summed E-state index contributed by atoms with van der Waals surface area (Å²) in [6.45, 7) is 8.59. The van der Waals surface area contributed by atoms with Gasteiger partial charge in [0.2, 0.25) is 11.9 Å². The molecular formula is C16H24ClN5O2. The Labute approximate surface area is 147 Å². The first-order valence-corrected chi connectivity index (χ1v) is 8.10. The Bertz CT molecular complexity index is 673. The molecular weight excluding hydrogens is 330 g/mol. The number of nitrogens with zero attached hydrogens (tertiary/aromatic N) is 3. The molecule has 0 radical (unpaired) electrons. The van der Waals surface area contributed by atoms with E-state index < -0.39 is 5.66 Å². The van der Waals surface area contributed by atoms with Crippen LogP contribution in [0.4, 0.5) is 0 Å². The highest BCUT2D eigenvalue weighted by Gasteiger charge is 2.32. The molecule has 1 aliphatic heterocycles. The van der Waals surface area contributed by atoms with Gasteiger partial charge in [-0.15, -0.1) is 0 Å². The van der Waals surface area contributed by atoms with Gasteiger partial charge in [0.05, 0.1) is 18.2 Å². The van der Waals surface area contributed by atoms with Crippen LogP contribution in [-0.2, 0) is 4.84 Å². The van der Waals surface area contributed by atoms with Gasteiger partial charge in [-0.05, 0) is 51.0 Å². The fraction of sp³-hybridized carbons (Fsp3) is 0.500. The smallest absolute Gasteiger partial charge is 0.226 e. The van der Waals surface area contributed by atoms with Crippen molar-refractivity contribution in [1.82, 2.24) is 5.06 Å². The van der Waals surface area contributed by atoms with Crippen molar-refractivity contribution >= 4 is 23.5 Å². The number of hydroxylamine groups is 2. The number of halogens is 1. The van der Waals surface area contributed by atoms with E-state index in [4.69, 9.17) is 32.6 Å². The quantitative estimate of drug-likeness (QED) is 0.765. The molecule has 8 heteroatoms. The maximum atomic E-state index is 6.18. The zero-order valence-corrected chi connectivity index (χ0v) is 15.2. The Morgan fingerprint density at radius 2 is 1.83 bits per heavy atom. The third-order valence-corrected chi connectivity index (χ3v) is 3.93. The standard InChI is InChI=1S/C16H24ClN5O2/c1-10-8-12(17)13(9-11(10)2)23-6-5-7-24-22-15(19)20-14(18)21-16(22,3)4/h8-9H,5-7H2,1-4H3,(H4,18,19,20,21). The number of rotatable bonds is 6. The number of hydrogen-bond acceptors (Lipinski definition) is 7. The number of benzene rings is 1. The molecule has 0 unspecified atom stereocenters. The van der Waals surface area contributed by atoms with Crippen LogP contribution in [0, 0.1) is 13.8 Å². The van der Waals surface area contributed by atoms with Crippen molar-refractivity contribution in [3.05, 3.63) is 28.3 Å². The largest absolute Gasteiger partial charge is 0.492 e. The Morgan fingerprint density at radius 3 is 2.50 bits per heavy atom. The normalized spacial score (nSPS) is 16.6. The monoisotopic (exact) mass is 353 g/mol. The number of ether oxygens (including phenoxy) is 1. The second-order valence-corrected chi connectivity index (χ2v) is 6.54. The zero-order chi connectivity index (χ0) is 17.9. The van der Waals surface area contributed by atoms with Crippen LogP contribution in [-0.4, -0.2) is 35.9 Å². The molecule has 0 aromatic heterocycles. The van der Waals surface area contributed by atoms with E-state index in [0.717, 1.165) is 11.1 Å². The number of aryl methyl sites for hydroxylation is 2. The third kappa shape index (κ3) is 4.30. The summed E-state index contributed by atoms with van der Waals surface area (Å²) in [6.07, 6.45) is 0.655. The van der Waals surface area contributed by atoms with Crippen molar-refractivity contribution in [2.75, 3.05) is 13.2 Å². The Balaban J connectivity index is 1.82. The predicted octanol–water partition coefficient (Wildman–Crippen LogP) is 2.34. The summed E-state index contributed by atoms with van der Waals surface area (Å²) >= 11 is 6.18. The summed E-state index contributed by atoms with van der Waals surface area (Å²) in [5, 5.41) is 2.06. The molecule has 2 rings (SSSR count). The van der Waals surface area contributed by atoms with Crippen LogP contribution < -0.4 is 16.2 Å². The van der Waals surface area contributed by atoms with E-state index in [1.165, 1.54) is 5.06 Å². The van der Waals surface area contributed by atoms with E-state index in [-0.39, 0.29) is 11.9 Å². The van der Waals surface area contributed by atoms with Crippen molar-refractivity contribution in [2.24, 2.45) is 21.5 Å². The highest BCUT2D eigenvalue weighted by atomic mass is 35.5. The summed E-state index contributed by atoms with van der Waals surface area (Å²) in [5.74, 6) is 1.01. The van der Waals surface area contributed by atoms with Gasteiger partial charge in [0.15, 0.2) is 5.66 Å². The van der Waals surface area contributed by atoms with Crippen LogP contribution in [0.2, 0.25) is 5.02 Å². The lowest BCUT2D eigenvalue weighted by Crippen LogP contribution is -2.53. The number of hydrogen-bond donors (Lipinski definition) is 2. The number of guanidine groups is 2. The fourth-order valence-electron chi connectivity index (χ4n) is 2.28. The van der Waals surface area contributed by atoms with Crippen LogP contribution in [0.5, 0.6) is 5.75 Å². The minimum absolute atomic E-state index is 0.144. The maximum Gasteiger partial charge on any atom is 0.226 e. The van der Waals surface area contributed by atoms with Gasteiger partial charge in [-0.25, -0.2) is 4.99 Å². The minimum atomic E-state index is -0.700. The number of nitrogens with two attached hydrogens (primary N) is 2. The van der Waals surface area contributed by atoms with Crippen molar-refractivity contribution in [1.29, 1.82) is 0 Å². The Morgan fingerprint density at radius 1 is 1.17 bits per heavy atom. The van der Waals surface area contributed by atoms with Crippen molar-refractivity contribution in [3.63, 3.8) is 0 Å². The molecule has 132 valence electrons. The fourth-order valence-corrected chi connectivity index (χ4v) is 2.55. The third-order valence-electron chi connectivity index (χ3n) is 3.64. The van der Waals surface area contributed by atoms with Gasteiger partial charge < -0.3 is 16.2 Å². The Hall–Kier alpha value is -1.99. The molecule has 7 nitrogen and oxygen atoms in total. The molecule has 1 heterocycles. The van der Waals surface area contributed by atoms with Gasteiger partial charge in [-0.2, -0.15) is 10.1 Å². The molecule has 0 saturated carbocycles. The molecule has 0 atom stereocenters. The SMILES string of the molecule is Cc1cc(Cl)c(OCCCON2C(N)=NC(N)=NC2(C)C)cc1C. The highest BCUT2D eigenvalue weighted by Crippen LogP contribution is 2.28. The lowest BCUT2D eigenvalue weighted by Gasteiger charge is -2.36. The second-order valence-electron chi connectivity index (χ2n) is 6.13. The van der Waals surface area contributed by atoms with Crippen LogP contribution in [0.1, 0.15) is 31.4 Å². The molecule has 1 aliphatic rings. The predicted molar refractivity (Wildman–Crippen MR) is 96.2 cm³/mol. The minimum Gasteiger partial charge on any atom is -0.492 e. The lowest BCUT2D eigenvalue weighted by atomic mass is 10.1. The van der Waals surface area contributed by atoms with Gasteiger partial charge in [0.25, 0.3) is 0 Å². The first kappa shape index (κ1) is 18.4. The first-order valence-electron chi connectivity index (χ1n) is 7.73. The van der Waals surface area contributed by atoms with Crippen molar-refractivity contribution < 1.29 is 9.57 Å². The molecule has 24 heavy (non-hydrogen) atoms. The molecule has 0 saturated heterocycles. The molecule has 0 fully saturated rings. The summed E-state index contributed by atoms with van der Waals surface area (Å²) in [4.78, 5) is 13.8. The van der Waals surface area contributed by atoms with Gasteiger partial charge in [-0.1, -0.05) is 11.6 Å².